The number of imidazole rings is 1. The van der Waals surface area contributed by atoms with Gasteiger partial charge in [0, 0.05) is 37.8 Å². The van der Waals surface area contributed by atoms with Crippen LogP contribution in [0.3, 0.4) is 0 Å². The lowest BCUT2D eigenvalue weighted by molar-refractivity contribution is -0.121. The highest BCUT2D eigenvalue weighted by atomic mass is 16.1. The lowest BCUT2D eigenvalue weighted by atomic mass is 9.92. The molecule has 1 aromatic carbocycles. The van der Waals surface area contributed by atoms with E-state index in [1.165, 1.54) is 18.4 Å². The summed E-state index contributed by atoms with van der Waals surface area (Å²) in [6.45, 7) is 6.04. The van der Waals surface area contributed by atoms with Crippen LogP contribution in [0.15, 0.2) is 54.9 Å². The van der Waals surface area contributed by atoms with Gasteiger partial charge in [-0.25, -0.2) is 4.98 Å². The number of carbonyl (C=O) groups excluding carboxylic acids is 1. The Morgan fingerprint density at radius 2 is 1.96 bits per heavy atom. The van der Waals surface area contributed by atoms with Crippen LogP contribution in [0.4, 0.5) is 0 Å². The summed E-state index contributed by atoms with van der Waals surface area (Å²) in [5.41, 5.74) is 4.29. The fourth-order valence-electron chi connectivity index (χ4n) is 4.06. The number of nitrogens with zero attached hydrogens (tertiary/aromatic N) is 3. The molecule has 1 aliphatic heterocycles. The first-order valence-electron chi connectivity index (χ1n) is 10.2. The van der Waals surface area contributed by atoms with Gasteiger partial charge in [-0.1, -0.05) is 30.3 Å². The Morgan fingerprint density at radius 1 is 1.18 bits per heavy atom. The SMILES string of the molecule is Cc1ccn2c([C@@H](CC(=O)NCCN3CCCC3)c3ccccc3)cnc2c1. The third kappa shape index (κ3) is 4.25. The van der Waals surface area contributed by atoms with Gasteiger partial charge < -0.3 is 14.6 Å². The van der Waals surface area contributed by atoms with Crippen molar-refractivity contribution in [2.24, 2.45) is 0 Å². The van der Waals surface area contributed by atoms with E-state index >= 15 is 0 Å². The lowest BCUT2D eigenvalue weighted by Crippen LogP contribution is -2.34. The second-order valence-corrected chi connectivity index (χ2v) is 7.68. The van der Waals surface area contributed by atoms with Crippen LogP contribution in [0.2, 0.25) is 0 Å². The van der Waals surface area contributed by atoms with E-state index in [4.69, 9.17) is 0 Å². The van der Waals surface area contributed by atoms with E-state index < -0.39 is 0 Å². The summed E-state index contributed by atoms with van der Waals surface area (Å²) < 4.78 is 2.10. The molecule has 0 unspecified atom stereocenters. The molecule has 1 saturated heterocycles. The average Bonchev–Trinajstić information content (AvgIpc) is 3.36. The van der Waals surface area contributed by atoms with Gasteiger partial charge in [0.05, 0.1) is 5.69 Å². The Bertz CT molecular complexity index is 928. The first-order valence-corrected chi connectivity index (χ1v) is 10.2. The molecule has 2 aromatic heterocycles. The van der Waals surface area contributed by atoms with Crippen molar-refractivity contribution in [3.63, 3.8) is 0 Å². The molecule has 1 aliphatic rings. The maximum absolute atomic E-state index is 12.7. The van der Waals surface area contributed by atoms with Gasteiger partial charge in [0.1, 0.15) is 5.65 Å². The Balaban J connectivity index is 1.51. The molecule has 0 aliphatic carbocycles. The number of fused-ring (bicyclic) bond motifs is 1. The second-order valence-electron chi connectivity index (χ2n) is 7.68. The predicted octanol–water partition coefficient (Wildman–Crippen LogP) is 3.38. The van der Waals surface area contributed by atoms with Crippen LogP contribution in [0.5, 0.6) is 0 Å². The summed E-state index contributed by atoms with van der Waals surface area (Å²) in [4.78, 5) is 19.7. The van der Waals surface area contributed by atoms with Gasteiger partial charge in [-0.15, -0.1) is 0 Å². The minimum atomic E-state index is -0.0225. The van der Waals surface area contributed by atoms with Crippen molar-refractivity contribution in [1.29, 1.82) is 0 Å². The number of pyridine rings is 1. The smallest absolute Gasteiger partial charge is 0.221 e. The number of benzene rings is 1. The van der Waals surface area contributed by atoms with Crippen LogP contribution in [0, 0.1) is 6.92 Å². The number of aryl methyl sites for hydroxylation is 1. The highest BCUT2D eigenvalue weighted by Gasteiger charge is 2.22. The monoisotopic (exact) mass is 376 g/mol. The van der Waals surface area contributed by atoms with Crippen molar-refractivity contribution in [2.75, 3.05) is 26.2 Å². The fraction of sp³-hybridized carbons (Fsp3) is 0.391. The van der Waals surface area contributed by atoms with E-state index in [0.29, 0.717) is 13.0 Å². The molecule has 1 atom stereocenters. The number of likely N-dealkylation sites (tertiary alicyclic amines) is 1. The molecule has 1 fully saturated rings. The zero-order valence-corrected chi connectivity index (χ0v) is 16.5. The molecule has 28 heavy (non-hydrogen) atoms. The number of nitrogens with one attached hydrogen (secondary N) is 1. The van der Waals surface area contributed by atoms with Crippen molar-refractivity contribution in [3.05, 3.63) is 71.7 Å². The van der Waals surface area contributed by atoms with E-state index in [0.717, 1.165) is 36.5 Å². The molecule has 146 valence electrons. The van der Waals surface area contributed by atoms with Crippen LogP contribution in [-0.2, 0) is 4.79 Å². The Morgan fingerprint density at radius 3 is 2.75 bits per heavy atom. The molecule has 0 spiro atoms. The van der Waals surface area contributed by atoms with E-state index in [1.807, 2.05) is 30.6 Å². The lowest BCUT2D eigenvalue weighted by Gasteiger charge is -2.19. The molecule has 3 heterocycles. The Hall–Kier alpha value is -2.66. The summed E-state index contributed by atoms with van der Waals surface area (Å²) in [5.74, 6) is 0.0702. The highest BCUT2D eigenvalue weighted by Crippen LogP contribution is 2.28. The van der Waals surface area contributed by atoms with Crippen molar-refractivity contribution >= 4 is 11.6 Å². The number of carbonyl (C=O) groups is 1. The van der Waals surface area contributed by atoms with Crippen LogP contribution < -0.4 is 5.32 Å². The number of hydrogen-bond acceptors (Lipinski definition) is 3. The first kappa shape index (κ1) is 18.7. The van der Waals surface area contributed by atoms with Crippen LogP contribution >= 0.6 is 0 Å². The van der Waals surface area contributed by atoms with Gasteiger partial charge in [0.2, 0.25) is 5.91 Å². The van der Waals surface area contributed by atoms with E-state index in [2.05, 4.69) is 50.8 Å². The van der Waals surface area contributed by atoms with Gasteiger partial charge >= 0.3 is 0 Å². The van der Waals surface area contributed by atoms with Crippen molar-refractivity contribution < 1.29 is 4.79 Å². The van der Waals surface area contributed by atoms with Crippen molar-refractivity contribution in [1.82, 2.24) is 19.6 Å². The molecule has 1 amide bonds. The molecular formula is C23H28N4O. The first-order chi connectivity index (χ1) is 13.7. The van der Waals surface area contributed by atoms with Crippen LogP contribution in [0.1, 0.15) is 42.0 Å². The Labute approximate surface area is 166 Å². The third-order valence-electron chi connectivity index (χ3n) is 5.59. The minimum absolute atomic E-state index is 0.0225. The van der Waals surface area contributed by atoms with E-state index in [-0.39, 0.29) is 11.8 Å². The van der Waals surface area contributed by atoms with Gasteiger partial charge in [-0.2, -0.15) is 0 Å². The maximum Gasteiger partial charge on any atom is 0.221 e. The number of rotatable bonds is 7. The van der Waals surface area contributed by atoms with Gasteiger partial charge in [-0.05, 0) is 56.1 Å². The standard InChI is InChI=1S/C23H28N4O/c1-18-9-13-27-21(17-25-22(27)15-18)20(19-7-3-2-4-8-19)16-23(28)24-10-14-26-11-5-6-12-26/h2-4,7-9,13,15,17,20H,5-6,10-12,14,16H2,1H3,(H,24,28)/t20-/m0/s1. The summed E-state index contributed by atoms with van der Waals surface area (Å²) in [7, 11) is 0. The highest BCUT2D eigenvalue weighted by molar-refractivity contribution is 5.77. The number of aromatic nitrogens is 2. The zero-order valence-electron chi connectivity index (χ0n) is 16.5. The molecule has 0 radical (unpaired) electrons. The summed E-state index contributed by atoms with van der Waals surface area (Å²) in [6, 6.07) is 14.4. The summed E-state index contributed by atoms with van der Waals surface area (Å²) >= 11 is 0. The normalized spacial score (nSPS) is 15.8. The summed E-state index contributed by atoms with van der Waals surface area (Å²) in [5, 5.41) is 3.12. The topological polar surface area (TPSA) is 49.6 Å². The quantitative estimate of drug-likeness (QED) is 0.688. The van der Waals surface area contributed by atoms with Crippen molar-refractivity contribution in [2.45, 2.75) is 32.1 Å². The molecule has 5 heteroatoms. The van der Waals surface area contributed by atoms with Crippen molar-refractivity contribution in [3.8, 4) is 0 Å². The molecule has 5 nitrogen and oxygen atoms in total. The molecule has 4 rings (SSSR count). The fourth-order valence-corrected chi connectivity index (χ4v) is 4.06. The van der Waals surface area contributed by atoms with E-state index in [1.54, 1.807) is 0 Å². The summed E-state index contributed by atoms with van der Waals surface area (Å²) in [6.07, 6.45) is 6.93. The molecule has 0 saturated carbocycles. The largest absolute Gasteiger partial charge is 0.355 e. The maximum atomic E-state index is 12.7. The number of hydrogen-bond donors (Lipinski definition) is 1. The Kier molecular flexibility index (Phi) is 5.72. The number of amides is 1. The predicted molar refractivity (Wildman–Crippen MR) is 112 cm³/mol. The van der Waals surface area contributed by atoms with Gasteiger partial charge in [0.15, 0.2) is 0 Å². The van der Waals surface area contributed by atoms with Crippen LogP contribution in [-0.4, -0.2) is 46.4 Å². The zero-order chi connectivity index (χ0) is 19.3. The molecule has 1 N–H and O–H groups in total. The van der Waals surface area contributed by atoms with Gasteiger partial charge in [-0.3, -0.25) is 4.79 Å². The third-order valence-corrected chi connectivity index (χ3v) is 5.59. The molecular weight excluding hydrogens is 348 g/mol. The minimum Gasteiger partial charge on any atom is -0.355 e. The molecule has 0 bridgehead atoms. The molecule has 3 aromatic rings. The van der Waals surface area contributed by atoms with E-state index in [9.17, 15) is 4.79 Å². The van der Waals surface area contributed by atoms with Crippen LogP contribution in [0.25, 0.3) is 5.65 Å². The second kappa shape index (κ2) is 8.57. The van der Waals surface area contributed by atoms with Gasteiger partial charge in [0.25, 0.3) is 0 Å². The average molecular weight is 377 g/mol.